The summed E-state index contributed by atoms with van der Waals surface area (Å²) in [5.74, 6) is 0. The van der Waals surface area contributed by atoms with E-state index >= 15 is 0 Å². The van der Waals surface area contributed by atoms with Crippen LogP contribution < -0.4 is 0 Å². The summed E-state index contributed by atoms with van der Waals surface area (Å²) >= 11 is 2.56. The first kappa shape index (κ1) is 15.2. The first-order chi connectivity index (χ1) is 7.94. The minimum Gasteiger partial charge on any atom is -0.258 e. The van der Waals surface area contributed by atoms with Gasteiger partial charge in [-0.1, -0.05) is 0 Å². The second kappa shape index (κ2) is 4.67. The highest BCUT2D eigenvalue weighted by Crippen LogP contribution is 2.40. The molecule has 0 unspecified atom stereocenters. The van der Waals surface area contributed by atoms with Crippen molar-refractivity contribution in [1.29, 1.82) is 0 Å². The summed E-state index contributed by atoms with van der Waals surface area (Å²) in [7, 11) is 0.0706. The van der Waals surface area contributed by atoms with Crippen LogP contribution in [0.2, 0.25) is 0 Å². The van der Waals surface area contributed by atoms with E-state index in [-0.39, 0.29) is 6.07 Å². The number of benzene rings is 1. The van der Waals surface area contributed by atoms with Crippen molar-refractivity contribution in [3.8, 4) is 0 Å². The minimum atomic E-state index is -5.01. The van der Waals surface area contributed by atoms with Gasteiger partial charge in [0.25, 0.3) is 14.7 Å². The van der Waals surface area contributed by atoms with Crippen molar-refractivity contribution in [2.75, 3.05) is 0 Å². The number of alkyl halides is 3. The number of hydrogen-bond acceptors (Lipinski definition) is 4. The Bertz CT molecular complexity index is 616. The lowest BCUT2D eigenvalue weighted by Gasteiger charge is -2.11. The largest absolute Gasteiger partial charge is 0.417 e. The molecule has 0 spiro atoms. The molecule has 0 saturated heterocycles. The van der Waals surface area contributed by atoms with E-state index in [1.165, 1.54) is 0 Å². The summed E-state index contributed by atoms with van der Waals surface area (Å²) in [6.45, 7) is 0. The van der Waals surface area contributed by atoms with Crippen LogP contribution in [0.25, 0.3) is 0 Å². The highest BCUT2D eigenvalue weighted by Gasteiger charge is 2.39. The van der Waals surface area contributed by atoms with Crippen LogP contribution in [0.15, 0.2) is 21.5 Å². The number of hydrogen-bond donors (Lipinski definition) is 0. The zero-order chi connectivity index (χ0) is 14.3. The highest BCUT2D eigenvalue weighted by atomic mass is 79.9. The number of nitrogens with zero attached hydrogens (tertiary/aromatic N) is 1. The predicted octanol–water partition coefficient (Wildman–Crippen LogP) is 3.30. The second-order valence-corrected chi connectivity index (χ2v) is 6.38. The summed E-state index contributed by atoms with van der Waals surface area (Å²) in [6, 6.07) is 0.558. The van der Waals surface area contributed by atoms with Crippen LogP contribution in [0.1, 0.15) is 5.56 Å². The lowest BCUT2D eigenvalue weighted by Crippen LogP contribution is -2.11. The Labute approximate surface area is 111 Å². The summed E-state index contributed by atoms with van der Waals surface area (Å²) in [5, 5.41) is 10.5. The fourth-order valence-electron chi connectivity index (χ4n) is 1.11. The molecule has 0 aliphatic heterocycles. The zero-order valence-electron chi connectivity index (χ0n) is 8.03. The summed E-state index contributed by atoms with van der Waals surface area (Å²) in [6.07, 6.45) is -5.01. The summed E-state index contributed by atoms with van der Waals surface area (Å²) in [5.41, 5.74) is -2.41. The van der Waals surface area contributed by atoms with Crippen molar-refractivity contribution in [3.05, 3.63) is 32.3 Å². The summed E-state index contributed by atoms with van der Waals surface area (Å²) < 4.78 is 59.3. The van der Waals surface area contributed by atoms with Gasteiger partial charge in [0.1, 0.15) is 4.90 Å². The van der Waals surface area contributed by atoms with Crippen LogP contribution in [0.5, 0.6) is 0 Å². The van der Waals surface area contributed by atoms with Crippen molar-refractivity contribution >= 4 is 41.4 Å². The number of nitro benzene ring substituents is 1. The molecule has 5 nitrogen and oxygen atoms in total. The minimum absolute atomic E-state index is 0.259. The van der Waals surface area contributed by atoms with Crippen LogP contribution in [-0.2, 0) is 15.2 Å². The van der Waals surface area contributed by atoms with Crippen molar-refractivity contribution in [3.63, 3.8) is 0 Å². The lowest BCUT2D eigenvalue weighted by atomic mass is 10.2. The Kier molecular flexibility index (Phi) is 3.94. The molecule has 0 atom stereocenters. The van der Waals surface area contributed by atoms with E-state index in [2.05, 4.69) is 15.9 Å². The molecule has 100 valence electrons. The molecule has 0 amide bonds. The SMILES string of the molecule is O=[N+]([O-])c1cc(S(=O)(=O)Cl)c(C(F)(F)F)cc1Br. The Morgan fingerprint density at radius 3 is 2.17 bits per heavy atom. The van der Waals surface area contributed by atoms with Gasteiger partial charge in [-0.2, -0.15) is 13.2 Å². The monoisotopic (exact) mass is 367 g/mol. The van der Waals surface area contributed by atoms with Gasteiger partial charge in [-0.25, -0.2) is 8.42 Å². The second-order valence-electron chi connectivity index (χ2n) is 2.99. The summed E-state index contributed by atoms with van der Waals surface area (Å²) in [4.78, 5) is 8.13. The van der Waals surface area contributed by atoms with Gasteiger partial charge in [0.15, 0.2) is 0 Å². The van der Waals surface area contributed by atoms with E-state index in [4.69, 9.17) is 10.7 Å². The number of rotatable bonds is 2. The van der Waals surface area contributed by atoms with Crippen LogP contribution in [0.3, 0.4) is 0 Å². The van der Waals surface area contributed by atoms with Gasteiger partial charge in [0, 0.05) is 16.7 Å². The number of halogens is 5. The zero-order valence-corrected chi connectivity index (χ0v) is 11.2. The van der Waals surface area contributed by atoms with E-state index in [0.29, 0.717) is 6.07 Å². The molecule has 0 heterocycles. The topological polar surface area (TPSA) is 77.3 Å². The average molecular weight is 369 g/mol. The van der Waals surface area contributed by atoms with E-state index in [1.807, 2.05) is 0 Å². The molecular formula is C7H2BrClF3NO4S. The fraction of sp³-hybridized carbons (Fsp3) is 0.143. The van der Waals surface area contributed by atoms with Gasteiger partial charge in [0.2, 0.25) is 0 Å². The van der Waals surface area contributed by atoms with Crippen LogP contribution in [0, 0.1) is 10.1 Å². The maximum atomic E-state index is 12.6. The Morgan fingerprint density at radius 1 is 1.33 bits per heavy atom. The van der Waals surface area contributed by atoms with Crippen molar-refractivity contribution in [2.24, 2.45) is 0 Å². The molecule has 0 saturated carbocycles. The molecule has 0 aromatic heterocycles. The van der Waals surface area contributed by atoms with Crippen LogP contribution in [0.4, 0.5) is 18.9 Å². The normalized spacial score (nSPS) is 12.5. The smallest absolute Gasteiger partial charge is 0.258 e. The molecule has 0 aliphatic carbocycles. The van der Waals surface area contributed by atoms with E-state index < -0.39 is 40.8 Å². The first-order valence-corrected chi connectivity index (χ1v) is 7.04. The van der Waals surface area contributed by atoms with Crippen molar-refractivity contribution in [1.82, 2.24) is 0 Å². The molecule has 1 aromatic rings. The molecule has 1 aromatic carbocycles. The van der Waals surface area contributed by atoms with E-state index in [1.54, 1.807) is 0 Å². The molecular weight excluding hydrogens is 366 g/mol. The molecule has 0 radical (unpaired) electrons. The molecule has 0 aliphatic rings. The lowest BCUT2D eigenvalue weighted by molar-refractivity contribution is -0.385. The quantitative estimate of drug-likeness (QED) is 0.456. The molecule has 0 N–H and O–H groups in total. The molecule has 11 heteroatoms. The van der Waals surface area contributed by atoms with E-state index in [0.717, 1.165) is 0 Å². The number of nitro groups is 1. The third-order valence-corrected chi connectivity index (χ3v) is 3.81. The fourth-order valence-corrected chi connectivity index (χ4v) is 2.67. The third-order valence-electron chi connectivity index (χ3n) is 1.81. The first-order valence-electron chi connectivity index (χ1n) is 3.94. The maximum Gasteiger partial charge on any atom is 0.417 e. The standard InChI is InChI=1S/C7H2BrClF3NO4S/c8-4-1-3(7(10,11)12)6(18(9,16)17)2-5(4)13(14)15/h1-2H. The van der Waals surface area contributed by atoms with Gasteiger partial charge >= 0.3 is 6.18 Å². The average Bonchev–Trinajstić information content (AvgIpc) is 2.13. The Hall–Kier alpha value is -0.870. The van der Waals surface area contributed by atoms with E-state index in [9.17, 15) is 31.7 Å². The molecule has 0 bridgehead atoms. The molecule has 18 heavy (non-hydrogen) atoms. The van der Waals surface area contributed by atoms with Crippen LogP contribution >= 0.6 is 26.6 Å². The van der Waals surface area contributed by atoms with Crippen LogP contribution in [-0.4, -0.2) is 13.3 Å². The van der Waals surface area contributed by atoms with Crippen molar-refractivity contribution in [2.45, 2.75) is 11.1 Å². The Balaban J connectivity index is 3.75. The maximum absolute atomic E-state index is 12.6. The molecule has 1 rings (SSSR count). The molecule has 0 fully saturated rings. The van der Waals surface area contributed by atoms with Gasteiger partial charge < -0.3 is 0 Å². The van der Waals surface area contributed by atoms with Gasteiger partial charge in [0.05, 0.1) is 15.0 Å². The highest BCUT2D eigenvalue weighted by molar-refractivity contribution is 9.10. The third kappa shape index (κ3) is 3.12. The van der Waals surface area contributed by atoms with Gasteiger partial charge in [-0.05, 0) is 22.0 Å². The van der Waals surface area contributed by atoms with Crippen molar-refractivity contribution < 1.29 is 26.5 Å². The Morgan fingerprint density at radius 2 is 1.83 bits per heavy atom. The predicted molar refractivity (Wildman–Crippen MR) is 58.8 cm³/mol. The van der Waals surface area contributed by atoms with Gasteiger partial charge in [-0.3, -0.25) is 10.1 Å². The van der Waals surface area contributed by atoms with Gasteiger partial charge in [-0.15, -0.1) is 0 Å².